The third-order valence-electron chi connectivity index (χ3n) is 1.77. The monoisotopic (exact) mass is 297 g/mol. The van der Waals surface area contributed by atoms with Crippen molar-refractivity contribution in [3.05, 3.63) is 27.4 Å². The Hall–Kier alpha value is -1.86. The van der Waals surface area contributed by atoms with E-state index in [1.807, 2.05) is 0 Å². The Labute approximate surface area is 103 Å². The molecule has 0 amide bonds. The number of nitrogens with zero attached hydrogens (tertiary/aromatic N) is 3. The summed E-state index contributed by atoms with van der Waals surface area (Å²) in [4.78, 5) is 11.1. The first-order valence-electron chi connectivity index (χ1n) is 4.00. The SMILES string of the molecule is N#Cc1nc([N+](=O)[O-])c(S(=O)(=O)Cl)cc1C(F)F. The average Bonchev–Trinajstić information content (AvgIpc) is 2.25. The lowest BCUT2D eigenvalue weighted by Crippen LogP contribution is -2.06. The van der Waals surface area contributed by atoms with Crippen molar-refractivity contribution in [2.45, 2.75) is 11.3 Å². The Balaban J connectivity index is 3.76. The highest BCUT2D eigenvalue weighted by Crippen LogP contribution is 2.31. The molecule has 0 unspecified atom stereocenters. The molecule has 0 spiro atoms. The molecule has 0 N–H and O–H groups in total. The summed E-state index contributed by atoms with van der Waals surface area (Å²) in [5, 5.41) is 19.1. The minimum absolute atomic E-state index is 0.274. The maximum absolute atomic E-state index is 12.5. The average molecular weight is 298 g/mol. The van der Waals surface area contributed by atoms with E-state index in [0.717, 1.165) is 0 Å². The number of aromatic nitrogens is 1. The number of nitro groups is 1. The van der Waals surface area contributed by atoms with Crippen LogP contribution in [0.1, 0.15) is 17.7 Å². The molecule has 0 aromatic carbocycles. The number of rotatable bonds is 3. The largest absolute Gasteiger partial charge is 0.385 e. The van der Waals surface area contributed by atoms with E-state index >= 15 is 0 Å². The molecule has 0 aliphatic rings. The van der Waals surface area contributed by atoms with Crippen molar-refractivity contribution in [3.8, 4) is 6.07 Å². The van der Waals surface area contributed by atoms with Gasteiger partial charge in [-0.2, -0.15) is 5.26 Å². The fourth-order valence-electron chi connectivity index (χ4n) is 1.07. The zero-order valence-electron chi connectivity index (χ0n) is 8.17. The van der Waals surface area contributed by atoms with Gasteiger partial charge in [-0.05, 0) is 16.0 Å². The van der Waals surface area contributed by atoms with Crippen LogP contribution in [-0.2, 0) is 9.05 Å². The fraction of sp³-hybridized carbons (Fsp3) is 0.143. The van der Waals surface area contributed by atoms with Gasteiger partial charge in [-0.3, -0.25) is 0 Å². The van der Waals surface area contributed by atoms with Gasteiger partial charge >= 0.3 is 5.82 Å². The first kappa shape index (κ1) is 14.2. The third kappa shape index (κ3) is 2.69. The Bertz CT molecular complexity index is 655. The second-order valence-electron chi connectivity index (χ2n) is 2.86. The number of alkyl halides is 2. The lowest BCUT2D eigenvalue weighted by molar-refractivity contribution is -0.392. The summed E-state index contributed by atoms with van der Waals surface area (Å²) in [6.45, 7) is 0. The van der Waals surface area contributed by atoms with Crippen LogP contribution in [-0.4, -0.2) is 18.3 Å². The standard InChI is InChI=1S/C7H2ClF2N3O4S/c8-18(16,17)5-1-3(6(9)10)4(2-11)12-7(5)13(14)15/h1,6H. The molecular weight excluding hydrogens is 296 g/mol. The molecule has 1 heterocycles. The molecule has 0 aliphatic carbocycles. The summed E-state index contributed by atoms with van der Waals surface area (Å²) in [6.07, 6.45) is -3.22. The molecule has 0 bridgehead atoms. The van der Waals surface area contributed by atoms with Gasteiger partial charge in [0, 0.05) is 10.7 Å². The highest BCUT2D eigenvalue weighted by Gasteiger charge is 2.31. The second kappa shape index (κ2) is 4.79. The molecule has 0 radical (unpaired) electrons. The van der Waals surface area contributed by atoms with Crippen LogP contribution >= 0.6 is 10.7 Å². The minimum atomic E-state index is -4.63. The third-order valence-corrected chi connectivity index (χ3v) is 3.10. The van der Waals surface area contributed by atoms with Crippen LogP contribution in [0.15, 0.2) is 11.0 Å². The molecule has 0 fully saturated rings. The van der Waals surface area contributed by atoms with Crippen molar-refractivity contribution in [1.29, 1.82) is 5.26 Å². The molecular formula is C7H2ClF2N3O4S. The predicted molar refractivity (Wildman–Crippen MR) is 53.6 cm³/mol. The van der Waals surface area contributed by atoms with Crippen LogP contribution in [0.25, 0.3) is 0 Å². The van der Waals surface area contributed by atoms with E-state index < -0.39 is 42.4 Å². The molecule has 7 nitrogen and oxygen atoms in total. The summed E-state index contributed by atoms with van der Waals surface area (Å²) >= 11 is 0. The highest BCUT2D eigenvalue weighted by atomic mass is 35.7. The van der Waals surface area contributed by atoms with Crippen LogP contribution < -0.4 is 0 Å². The Morgan fingerprint density at radius 3 is 2.44 bits per heavy atom. The van der Waals surface area contributed by atoms with Crippen LogP contribution in [0.2, 0.25) is 0 Å². The van der Waals surface area contributed by atoms with E-state index in [1.54, 1.807) is 0 Å². The first-order valence-corrected chi connectivity index (χ1v) is 6.31. The van der Waals surface area contributed by atoms with Crippen molar-refractivity contribution in [2.75, 3.05) is 0 Å². The maximum Gasteiger partial charge on any atom is 0.385 e. The molecule has 96 valence electrons. The summed E-state index contributed by atoms with van der Waals surface area (Å²) < 4.78 is 47.1. The zero-order valence-corrected chi connectivity index (χ0v) is 9.74. The highest BCUT2D eigenvalue weighted by molar-refractivity contribution is 8.13. The van der Waals surface area contributed by atoms with Crippen LogP contribution in [0.5, 0.6) is 0 Å². The number of pyridine rings is 1. The van der Waals surface area contributed by atoms with Crippen LogP contribution in [0, 0.1) is 21.4 Å². The van der Waals surface area contributed by atoms with Crippen LogP contribution in [0.4, 0.5) is 14.6 Å². The van der Waals surface area contributed by atoms with E-state index in [-0.39, 0.29) is 6.07 Å². The van der Waals surface area contributed by atoms with Gasteiger partial charge < -0.3 is 10.1 Å². The Morgan fingerprint density at radius 2 is 2.11 bits per heavy atom. The van der Waals surface area contributed by atoms with Crippen molar-refractivity contribution in [3.63, 3.8) is 0 Å². The van der Waals surface area contributed by atoms with E-state index in [4.69, 9.17) is 15.9 Å². The van der Waals surface area contributed by atoms with Gasteiger partial charge in [0.25, 0.3) is 21.2 Å². The molecule has 1 rings (SSSR count). The van der Waals surface area contributed by atoms with Crippen molar-refractivity contribution in [2.24, 2.45) is 0 Å². The van der Waals surface area contributed by atoms with Crippen molar-refractivity contribution in [1.82, 2.24) is 4.98 Å². The fourth-order valence-corrected chi connectivity index (χ4v) is 2.01. The molecule has 18 heavy (non-hydrogen) atoms. The van der Waals surface area contributed by atoms with Gasteiger partial charge in [0.05, 0.1) is 5.56 Å². The molecule has 0 saturated heterocycles. The Morgan fingerprint density at radius 1 is 1.56 bits per heavy atom. The lowest BCUT2D eigenvalue weighted by atomic mass is 10.2. The van der Waals surface area contributed by atoms with Crippen molar-refractivity contribution >= 4 is 25.6 Å². The van der Waals surface area contributed by atoms with Gasteiger partial charge in [0.15, 0.2) is 4.90 Å². The Kier molecular flexibility index (Phi) is 3.78. The first-order chi connectivity index (χ1) is 8.18. The quantitative estimate of drug-likeness (QED) is 0.477. The van der Waals surface area contributed by atoms with E-state index in [2.05, 4.69) is 4.98 Å². The normalized spacial score (nSPS) is 11.3. The van der Waals surface area contributed by atoms with E-state index in [9.17, 15) is 27.3 Å². The lowest BCUT2D eigenvalue weighted by Gasteiger charge is -2.03. The molecule has 1 aromatic heterocycles. The second-order valence-corrected chi connectivity index (χ2v) is 5.39. The minimum Gasteiger partial charge on any atom is -0.358 e. The number of hydrogen-bond acceptors (Lipinski definition) is 6. The van der Waals surface area contributed by atoms with Gasteiger partial charge in [0.2, 0.25) is 0 Å². The van der Waals surface area contributed by atoms with Gasteiger partial charge in [0.1, 0.15) is 6.07 Å². The van der Waals surface area contributed by atoms with Gasteiger partial charge in [-0.15, -0.1) is 0 Å². The van der Waals surface area contributed by atoms with Gasteiger partial charge in [-0.1, -0.05) is 0 Å². The topological polar surface area (TPSA) is 114 Å². The van der Waals surface area contributed by atoms with Crippen molar-refractivity contribution < 1.29 is 22.1 Å². The predicted octanol–water partition coefficient (Wildman–Crippen LogP) is 1.73. The molecule has 0 aliphatic heterocycles. The van der Waals surface area contributed by atoms with E-state index in [0.29, 0.717) is 0 Å². The number of nitriles is 1. The van der Waals surface area contributed by atoms with Gasteiger partial charge in [-0.25, -0.2) is 17.2 Å². The summed E-state index contributed by atoms with van der Waals surface area (Å²) in [5.74, 6) is -1.27. The number of hydrogen-bond donors (Lipinski definition) is 0. The molecule has 11 heteroatoms. The summed E-state index contributed by atoms with van der Waals surface area (Å²) in [7, 11) is 0.246. The summed E-state index contributed by atoms with van der Waals surface area (Å²) in [6, 6.07) is 1.49. The molecule has 0 saturated carbocycles. The molecule has 0 atom stereocenters. The maximum atomic E-state index is 12.5. The number of halogens is 3. The van der Waals surface area contributed by atoms with E-state index in [1.165, 1.54) is 6.07 Å². The smallest absolute Gasteiger partial charge is 0.358 e. The molecule has 1 aromatic rings. The zero-order chi connectivity index (χ0) is 14.1. The van der Waals surface area contributed by atoms with Crippen LogP contribution in [0.3, 0.4) is 0 Å². The summed E-state index contributed by atoms with van der Waals surface area (Å²) in [5.41, 5.74) is -1.97.